The van der Waals surface area contributed by atoms with Crippen LogP contribution >= 0.6 is 34.0 Å². The van der Waals surface area contributed by atoms with Crippen LogP contribution in [0.1, 0.15) is 0 Å². The van der Waals surface area contributed by atoms with Crippen LogP contribution in [0, 0.1) is 0 Å². The second kappa shape index (κ2) is 9.78. The molecule has 10 aromatic rings. The SMILES string of the molecule is c1ccc2c(c1)sc1ccc(-c3ccc4sc5ccc(-c6nccc(-c7ccc8sc9ccccc9c8c7)n6)cc5c4c3)cc12. The van der Waals surface area contributed by atoms with Crippen molar-refractivity contribution < 1.29 is 0 Å². The Morgan fingerprint density at radius 1 is 0.356 bits per heavy atom. The molecule has 0 saturated carbocycles. The van der Waals surface area contributed by atoms with E-state index in [0.717, 1.165) is 22.6 Å². The highest BCUT2D eigenvalue weighted by Gasteiger charge is 2.13. The molecule has 0 fully saturated rings. The molecular formula is C40H22N2S3. The first-order valence-corrected chi connectivity index (χ1v) is 17.3. The second-order valence-corrected chi connectivity index (χ2v) is 14.7. The molecule has 0 bridgehead atoms. The molecule has 0 amide bonds. The van der Waals surface area contributed by atoms with Gasteiger partial charge in [-0.3, -0.25) is 0 Å². The molecule has 210 valence electrons. The molecule has 0 aliphatic carbocycles. The molecular weight excluding hydrogens is 605 g/mol. The fourth-order valence-corrected chi connectivity index (χ4v) is 9.79. The highest BCUT2D eigenvalue weighted by Crippen LogP contribution is 2.41. The van der Waals surface area contributed by atoms with Gasteiger partial charge in [-0.1, -0.05) is 54.6 Å². The predicted octanol–water partition coefficient (Wildman–Crippen LogP) is 12.6. The van der Waals surface area contributed by atoms with Crippen LogP contribution in [0.3, 0.4) is 0 Å². The zero-order valence-electron chi connectivity index (χ0n) is 23.8. The van der Waals surface area contributed by atoms with Gasteiger partial charge in [0.1, 0.15) is 0 Å². The lowest BCUT2D eigenvalue weighted by atomic mass is 10.0. The van der Waals surface area contributed by atoms with Crippen molar-refractivity contribution in [3.63, 3.8) is 0 Å². The molecule has 4 heterocycles. The summed E-state index contributed by atoms with van der Waals surface area (Å²) in [5, 5.41) is 7.76. The van der Waals surface area contributed by atoms with Crippen molar-refractivity contribution in [3.05, 3.63) is 134 Å². The van der Waals surface area contributed by atoms with E-state index in [1.165, 1.54) is 71.6 Å². The standard InChI is InChI=1S/C40H22N2S3/c1-3-7-34-27(5-1)29-19-23(9-13-36(29)43-34)24-10-14-38-31(20-24)32-22-26(12-16-39(32)45-38)40-41-18-17-33(42-40)25-11-15-37-30(21-25)28-6-2-4-8-35(28)44-37/h1-22H. The summed E-state index contributed by atoms with van der Waals surface area (Å²) in [4.78, 5) is 9.78. The maximum Gasteiger partial charge on any atom is 0.159 e. The summed E-state index contributed by atoms with van der Waals surface area (Å²) < 4.78 is 7.84. The quantitative estimate of drug-likeness (QED) is 0.195. The molecule has 0 unspecified atom stereocenters. The molecule has 0 aliphatic rings. The van der Waals surface area contributed by atoms with Crippen molar-refractivity contribution in [3.8, 4) is 33.8 Å². The third kappa shape index (κ3) is 4.05. The van der Waals surface area contributed by atoms with Crippen molar-refractivity contribution in [1.29, 1.82) is 0 Å². The zero-order chi connectivity index (χ0) is 29.5. The second-order valence-electron chi connectivity index (χ2n) is 11.4. The molecule has 0 atom stereocenters. The zero-order valence-corrected chi connectivity index (χ0v) is 26.3. The van der Waals surface area contributed by atoms with Crippen LogP contribution in [0.5, 0.6) is 0 Å². The molecule has 5 heteroatoms. The van der Waals surface area contributed by atoms with Gasteiger partial charge in [-0.15, -0.1) is 34.0 Å². The predicted molar refractivity (Wildman–Crippen MR) is 197 cm³/mol. The molecule has 0 radical (unpaired) electrons. The molecule has 0 saturated heterocycles. The fourth-order valence-electron chi connectivity index (χ4n) is 6.55. The fraction of sp³-hybridized carbons (Fsp3) is 0. The summed E-state index contributed by atoms with van der Waals surface area (Å²) >= 11 is 5.54. The first-order valence-electron chi connectivity index (χ1n) is 14.9. The third-order valence-electron chi connectivity index (χ3n) is 8.77. The van der Waals surface area contributed by atoms with E-state index < -0.39 is 0 Å². The Balaban J connectivity index is 1.07. The monoisotopic (exact) mass is 626 g/mol. The Morgan fingerprint density at radius 3 is 1.36 bits per heavy atom. The van der Waals surface area contributed by atoms with Crippen LogP contribution in [0.4, 0.5) is 0 Å². The Hall–Kier alpha value is -4.94. The molecule has 6 aromatic carbocycles. The molecule has 0 spiro atoms. The third-order valence-corrected chi connectivity index (χ3v) is 12.2. The minimum absolute atomic E-state index is 0.745. The van der Waals surface area contributed by atoms with E-state index in [2.05, 4.69) is 121 Å². The molecule has 0 aliphatic heterocycles. The highest BCUT2D eigenvalue weighted by molar-refractivity contribution is 7.26. The normalized spacial score (nSPS) is 12.0. The lowest BCUT2D eigenvalue weighted by Crippen LogP contribution is -1.91. The summed E-state index contributed by atoms with van der Waals surface area (Å²) in [5.41, 5.74) is 5.56. The Labute approximate surface area is 270 Å². The lowest BCUT2D eigenvalue weighted by Gasteiger charge is -2.06. The minimum Gasteiger partial charge on any atom is -0.237 e. The van der Waals surface area contributed by atoms with Crippen molar-refractivity contribution in [1.82, 2.24) is 9.97 Å². The van der Waals surface area contributed by atoms with E-state index in [4.69, 9.17) is 9.97 Å². The van der Waals surface area contributed by atoms with Gasteiger partial charge >= 0.3 is 0 Å². The number of fused-ring (bicyclic) bond motifs is 9. The number of nitrogens with zero attached hydrogens (tertiary/aromatic N) is 2. The van der Waals surface area contributed by atoms with Crippen molar-refractivity contribution >= 4 is 94.5 Å². The summed E-state index contributed by atoms with van der Waals surface area (Å²) in [6.07, 6.45) is 1.88. The van der Waals surface area contributed by atoms with E-state index in [0.29, 0.717) is 0 Å². The van der Waals surface area contributed by atoms with E-state index in [-0.39, 0.29) is 0 Å². The summed E-state index contributed by atoms with van der Waals surface area (Å²) in [7, 11) is 0. The highest BCUT2D eigenvalue weighted by atomic mass is 32.1. The van der Waals surface area contributed by atoms with Gasteiger partial charge in [0.25, 0.3) is 0 Å². The number of thiophene rings is 3. The van der Waals surface area contributed by atoms with Crippen molar-refractivity contribution in [2.24, 2.45) is 0 Å². The van der Waals surface area contributed by atoms with Crippen LogP contribution in [-0.4, -0.2) is 9.97 Å². The van der Waals surface area contributed by atoms with E-state index in [9.17, 15) is 0 Å². The van der Waals surface area contributed by atoms with Gasteiger partial charge in [-0.05, 0) is 83.9 Å². The van der Waals surface area contributed by atoms with Crippen LogP contribution < -0.4 is 0 Å². The maximum atomic E-state index is 5.07. The van der Waals surface area contributed by atoms with Gasteiger partial charge in [0.15, 0.2) is 5.82 Å². The largest absolute Gasteiger partial charge is 0.237 e. The van der Waals surface area contributed by atoms with Crippen LogP contribution in [0.2, 0.25) is 0 Å². The van der Waals surface area contributed by atoms with E-state index in [1.807, 2.05) is 46.3 Å². The molecule has 10 rings (SSSR count). The minimum atomic E-state index is 0.745. The first-order chi connectivity index (χ1) is 22.2. The molecule has 4 aromatic heterocycles. The maximum absolute atomic E-state index is 5.07. The van der Waals surface area contributed by atoms with Crippen LogP contribution in [-0.2, 0) is 0 Å². The van der Waals surface area contributed by atoms with Gasteiger partial charge in [0, 0.05) is 77.8 Å². The topological polar surface area (TPSA) is 25.8 Å². The lowest BCUT2D eigenvalue weighted by molar-refractivity contribution is 1.18. The number of hydrogen-bond acceptors (Lipinski definition) is 5. The average Bonchev–Trinajstić information content (AvgIpc) is 3.78. The Kier molecular flexibility index (Phi) is 5.52. The summed E-state index contributed by atoms with van der Waals surface area (Å²) in [6, 6.07) is 46.4. The number of benzene rings is 6. The van der Waals surface area contributed by atoms with Gasteiger partial charge in [0.05, 0.1) is 5.69 Å². The van der Waals surface area contributed by atoms with Crippen molar-refractivity contribution in [2.45, 2.75) is 0 Å². The van der Waals surface area contributed by atoms with Gasteiger partial charge < -0.3 is 0 Å². The van der Waals surface area contributed by atoms with Crippen LogP contribution in [0.25, 0.3) is 94.3 Å². The smallest absolute Gasteiger partial charge is 0.159 e. The first kappa shape index (κ1) is 25.4. The van der Waals surface area contributed by atoms with Gasteiger partial charge in [-0.2, -0.15) is 0 Å². The average molecular weight is 627 g/mol. The number of hydrogen-bond donors (Lipinski definition) is 0. The van der Waals surface area contributed by atoms with Crippen LogP contribution in [0.15, 0.2) is 134 Å². The Bertz CT molecular complexity index is 2780. The summed E-state index contributed by atoms with van der Waals surface area (Å²) in [5.74, 6) is 0.745. The van der Waals surface area contributed by atoms with Crippen molar-refractivity contribution in [2.75, 3.05) is 0 Å². The van der Waals surface area contributed by atoms with E-state index in [1.54, 1.807) is 0 Å². The number of rotatable bonds is 3. The van der Waals surface area contributed by atoms with Gasteiger partial charge in [-0.25, -0.2) is 9.97 Å². The van der Waals surface area contributed by atoms with E-state index >= 15 is 0 Å². The number of aromatic nitrogens is 2. The molecule has 2 nitrogen and oxygen atoms in total. The molecule has 45 heavy (non-hydrogen) atoms. The molecule has 0 N–H and O–H groups in total. The summed E-state index contributed by atoms with van der Waals surface area (Å²) in [6.45, 7) is 0. The Morgan fingerprint density at radius 2 is 0.778 bits per heavy atom. The van der Waals surface area contributed by atoms with Gasteiger partial charge in [0.2, 0.25) is 0 Å².